The molecule has 1 aliphatic rings. The van der Waals surface area contributed by atoms with Gasteiger partial charge in [-0.3, -0.25) is 5.10 Å². The fourth-order valence-electron chi connectivity index (χ4n) is 2.20. The summed E-state index contributed by atoms with van der Waals surface area (Å²) in [7, 11) is 0. The molecule has 0 radical (unpaired) electrons. The fraction of sp³-hybridized carbons (Fsp3) is 0.357. The molecule has 3 rings (SSSR count). The molecule has 0 spiro atoms. The van der Waals surface area contributed by atoms with Gasteiger partial charge in [-0.15, -0.1) is 0 Å². The largest absolute Gasteiger partial charge is 0.378 e. The molecule has 1 fully saturated rings. The lowest BCUT2D eigenvalue weighted by atomic mass is 10.2. The predicted molar refractivity (Wildman–Crippen MR) is 75.4 cm³/mol. The maximum atomic E-state index is 5.36. The van der Waals surface area contributed by atoms with E-state index in [-0.39, 0.29) is 0 Å². The molecule has 0 atom stereocenters. The molecule has 0 amide bonds. The lowest BCUT2D eigenvalue weighted by molar-refractivity contribution is 0.122. The number of H-pyrrole nitrogens is 1. The molecule has 0 aliphatic carbocycles. The Kier molecular flexibility index (Phi) is 3.65. The number of rotatable bonds is 4. The highest BCUT2D eigenvalue weighted by Gasteiger charge is 2.10. The van der Waals surface area contributed by atoms with E-state index in [0.717, 1.165) is 38.5 Å². The second-order valence-corrected chi connectivity index (χ2v) is 4.61. The fourth-order valence-corrected chi connectivity index (χ4v) is 2.20. The first kappa shape index (κ1) is 12.0. The van der Waals surface area contributed by atoms with E-state index >= 15 is 0 Å². The summed E-state index contributed by atoms with van der Waals surface area (Å²) in [5, 5.41) is 10.0. The van der Waals surface area contributed by atoms with Crippen LogP contribution in [0.5, 0.6) is 0 Å². The van der Waals surface area contributed by atoms with E-state index in [2.05, 4.69) is 44.7 Å². The van der Waals surface area contributed by atoms with Crippen LogP contribution >= 0.6 is 0 Å². The van der Waals surface area contributed by atoms with Gasteiger partial charge in [0.1, 0.15) is 0 Å². The van der Waals surface area contributed by atoms with Crippen LogP contribution in [0.4, 0.5) is 11.4 Å². The molecule has 19 heavy (non-hydrogen) atoms. The molecule has 1 saturated heterocycles. The van der Waals surface area contributed by atoms with Gasteiger partial charge in [-0.1, -0.05) is 12.1 Å². The number of aromatic nitrogens is 2. The topological polar surface area (TPSA) is 53.2 Å². The predicted octanol–water partition coefficient (Wildman–Crippen LogP) is 1.86. The summed E-state index contributed by atoms with van der Waals surface area (Å²) in [4.78, 5) is 2.36. The quantitative estimate of drug-likeness (QED) is 0.879. The summed E-state index contributed by atoms with van der Waals surface area (Å²) in [6.07, 6.45) is 3.63. The Bertz CT molecular complexity index is 489. The van der Waals surface area contributed by atoms with Crippen molar-refractivity contribution in [2.75, 3.05) is 36.5 Å². The van der Waals surface area contributed by atoms with Gasteiger partial charge in [-0.25, -0.2) is 0 Å². The zero-order valence-corrected chi connectivity index (χ0v) is 10.8. The van der Waals surface area contributed by atoms with Crippen molar-refractivity contribution in [1.29, 1.82) is 0 Å². The van der Waals surface area contributed by atoms with Gasteiger partial charge in [-0.05, 0) is 17.7 Å². The van der Waals surface area contributed by atoms with Gasteiger partial charge in [-0.2, -0.15) is 5.10 Å². The van der Waals surface area contributed by atoms with E-state index in [1.807, 2.05) is 6.20 Å². The Labute approximate surface area is 112 Å². The molecule has 1 aliphatic heterocycles. The minimum absolute atomic E-state index is 0.808. The number of ether oxygens (including phenoxy) is 1. The maximum absolute atomic E-state index is 5.36. The van der Waals surface area contributed by atoms with Crippen LogP contribution in [0.2, 0.25) is 0 Å². The number of anilines is 2. The van der Waals surface area contributed by atoms with Crippen molar-refractivity contribution in [3.05, 3.63) is 42.2 Å². The van der Waals surface area contributed by atoms with Crippen molar-refractivity contribution in [2.45, 2.75) is 6.54 Å². The smallest absolute Gasteiger partial charge is 0.0726 e. The highest BCUT2D eigenvalue weighted by Crippen LogP contribution is 2.17. The van der Waals surface area contributed by atoms with Gasteiger partial charge in [0.25, 0.3) is 0 Å². The Morgan fingerprint density at radius 3 is 2.68 bits per heavy atom. The van der Waals surface area contributed by atoms with Gasteiger partial charge >= 0.3 is 0 Å². The number of hydrogen-bond donors (Lipinski definition) is 2. The van der Waals surface area contributed by atoms with Crippen LogP contribution in [0.15, 0.2) is 36.7 Å². The molecular weight excluding hydrogens is 240 g/mol. The van der Waals surface area contributed by atoms with Crippen molar-refractivity contribution in [2.24, 2.45) is 0 Å². The molecule has 2 N–H and O–H groups in total. The summed E-state index contributed by atoms with van der Waals surface area (Å²) in [6.45, 7) is 4.41. The molecule has 1 aromatic heterocycles. The van der Waals surface area contributed by atoms with E-state index in [1.54, 1.807) is 6.20 Å². The van der Waals surface area contributed by atoms with Crippen LogP contribution in [-0.2, 0) is 11.3 Å². The normalized spacial score (nSPS) is 15.5. The van der Waals surface area contributed by atoms with E-state index < -0.39 is 0 Å². The molecule has 5 heteroatoms. The highest BCUT2D eigenvalue weighted by atomic mass is 16.5. The lowest BCUT2D eigenvalue weighted by Gasteiger charge is -2.28. The molecule has 2 aromatic rings. The average Bonchev–Trinajstić information content (AvgIpc) is 3.00. The minimum Gasteiger partial charge on any atom is -0.378 e. The number of aromatic amines is 1. The molecule has 0 unspecified atom stereocenters. The molecule has 5 nitrogen and oxygen atoms in total. The van der Waals surface area contributed by atoms with Crippen LogP contribution < -0.4 is 10.2 Å². The number of hydrogen-bond acceptors (Lipinski definition) is 4. The number of morpholine rings is 1. The third-order valence-corrected chi connectivity index (χ3v) is 3.31. The van der Waals surface area contributed by atoms with Crippen molar-refractivity contribution in [1.82, 2.24) is 10.2 Å². The standard InChI is InChI=1S/C14H18N4O/c1-3-14(18-5-7-19-8-6-18)4-2-12(1)9-15-13-10-16-17-11-13/h1-4,10-11,15H,5-9H2,(H,16,17). The van der Waals surface area contributed by atoms with Crippen LogP contribution in [0.1, 0.15) is 5.56 Å². The summed E-state index contributed by atoms with van der Waals surface area (Å²) >= 11 is 0. The molecule has 1 aromatic carbocycles. The van der Waals surface area contributed by atoms with Gasteiger partial charge < -0.3 is 15.0 Å². The Morgan fingerprint density at radius 2 is 2.00 bits per heavy atom. The third kappa shape index (κ3) is 3.06. The SMILES string of the molecule is c1cc(N2CCOCC2)ccc1CNc1cn[nH]c1. The van der Waals surface area contributed by atoms with Crippen molar-refractivity contribution in [3.63, 3.8) is 0 Å². The van der Waals surface area contributed by atoms with E-state index in [0.29, 0.717) is 0 Å². The Hall–Kier alpha value is -2.01. The van der Waals surface area contributed by atoms with E-state index in [9.17, 15) is 0 Å². The molecular formula is C14H18N4O. The molecule has 0 bridgehead atoms. The van der Waals surface area contributed by atoms with Crippen molar-refractivity contribution < 1.29 is 4.74 Å². The zero-order chi connectivity index (χ0) is 12.9. The van der Waals surface area contributed by atoms with Gasteiger partial charge in [0.05, 0.1) is 25.1 Å². The van der Waals surface area contributed by atoms with Gasteiger partial charge in [0.2, 0.25) is 0 Å². The second kappa shape index (κ2) is 5.75. The third-order valence-electron chi connectivity index (χ3n) is 3.31. The minimum atomic E-state index is 0.808. The molecule has 2 heterocycles. The van der Waals surface area contributed by atoms with Crippen LogP contribution in [-0.4, -0.2) is 36.5 Å². The number of nitrogens with zero attached hydrogens (tertiary/aromatic N) is 2. The summed E-state index contributed by atoms with van der Waals surface area (Å²) in [6, 6.07) is 8.69. The zero-order valence-electron chi connectivity index (χ0n) is 10.8. The van der Waals surface area contributed by atoms with Crippen molar-refractivity contribution >= 4 is 11.4 Å². The van der Waals surface area contributed by atoms with Gasteiger partial charge in [0.15, 0.2) is 0 Å². The second-order valence-electron chi connectivity index (χ2n) is 4.61. The maximum Gasteiger partial charge on any atom is 0.0726 e. The number of benzene rings is 1. The first-order chi connectivity index (χ1) is 9.42. The van der Waals surface area contributed by atoms with E-state index in [1.165, 1.54) is 11.3 Å². The Morgan fingerprint density at radius 1 is 1.21 bits per heavy atom. The first-order valence-corrected chi connectivity index (χ1v) is 6.56. The first-order valence-electron chi connectivity index (χ1n) is 6.56. The van der Waals surface area contributed by atoms with Crippen LogP contribution in [0.25, 0.3) is 0 Å². The van der Waals surface area contributed by atoms with Crippen LogP contribution in [0, 0.1) is 0 Å². The molecule has 100 valence electrons. The Balaban J connectivity index is 1.58. The summed E-state index contributed by atoms with van der Waals surface area (Å²) < 4.78 is 5.36. The monoisotopic (exact) mass is 258 g/mol. The average molecular weight is 258 g/mol. The summed E-state index contributed by atoms with van der Waals surface area (Å²) in [5.41, 5.74) is 3.55. The van der Waals surface area contributed by atoms with Gasteiger partial charge in [0, 0.05) is 31.5 Å². The van der Waals surface area contributed by atoms with E-state index in [4.69, 9.17) is 4.74 Å². The van der Waals surface area contributed by atoms with Crippen molar-refractivity contribution in [3.8, 4) is 0 Å². The molecule has 0 saturated carbocycles. The summed E-state index contributed by atoms with van der Waals surface area (Å²) in [5.74, 6) is 0. The van der Waals surface area contributed by atoms with Crippen LogP contribution in [0.3, 0.4) is 0 Å². The lowest BCUT2D eigenvalue weighted by Crippen LogP contribution is -2.36. The number of nitrogens with one attached hydrogen (secondary N) is 2. The highest BCUT2D eigenvalue weighted by molar-refractivity contribution is 5.48.